The molecule has 0 fully saturated rings. The number of fused-ring (bicyclic) bond motifs is 1. The fraction of sp³-hybridized carbons (Fsp3) is 0.600. The monoisotopic (exact) mass is 209 g/mol. The molecule has 5 heteroatoms. The third kappa shape index (κ3) is 2.24. The first kappa shape index (κ1) is 10.3. The number of aromatic nitrogens is 2. The van der Waals surface area contributed by atoms with Crippen LogP contribution in [-0.4, -0.2) is 23.2 Å². The molecule has 0 spiro atoms. The molecular formula is C10H15N3O2. The maximum Gasteiger partial charge on any atom is 0.156 e. The molecule has 1 aliphatic heterocycles. The zero-order chi connectivity index (χ0) is 10.7. The van der Waals surface area contributed by atoms with Crippen molar-refractivity contribution in [3.05, 3.63) is 17.1 Å². The maximum atomic E-state index is 5.83. The van der Waals surface area contributed by atoms with E-state index in [9.17, 15) is 0 Å². The first-order valence-corrected chi connectivity index (χ1v) is 5.11. The smallest absolute Gasteiger partial charge is 0.156 e. The first-order valence-electron chi connectivity index (χ1n) is 5.11. The molecule has 0 bridgehead atoms. The number of hydrogen-bond donors (Lipinski definition) is 1. The Balaban J connectivity index is 2.24. The summed E-state index contributed by atoms with van der Waals surface area (Å²) in [6.45, 7) is 4.25. The van der Waals surface area contributed by atoms with Gasteiger partial charge in [0.05, 0.1) is 18.9 Å². The molecule has 0 atom stereocenters. The Kier molecular flexibility index (Phi) is 3.13. The summed E-state index contributed by atoms with van der Waals surface area (Å²) in [5.74, 6) is 1.18. The van der Waals surface area contributed by atoms with Gasteiger partial charge in [0.2, 0.25) is 0 Å². The number of nitrogens with zero attached hydrogens (tertiary/aromatic N) is 2. The molecule has 2 heterocycles. The molecule has 0 unspecified atom stereocenters. The predicted octanol–water partition coefficient (Wildman–Crippen LogP) is 0.668. The van der Waals surface area contributed by atoms with E-state index in [0.29, 0.717) is 38.1 Å². The van der Waals surface area contributed by atoms with Gasteiger partial charge in [-0.3, -0.25) is 0 Å². The van der Waals surface area contributed by atoms with Gasteiger partial charge in [-0.15, -0.1) is 0 Å². The highest BCUT2D eigenvalue weighted by Crippen LogP contribution is 2.19. The molecular weight excluding hydrogens is 194 g/mol. The van der Waals surface area contributed by atoms with Gasteiger partial charge in [-0.1, -0.05) is 0 Å². The minimum Gasteiger partial charge on any atom is -0.383 e. The van der Waals surface area contributed by atoms with Crippen molar-refractivity contribution in [2.45, 2.75) is 26.6 Å². The van der Waals surface area contributed by atoms with Crippen LogP contribution in [-0.2, 0) is 29.1 Å². The van der Waals surface area contributed by atoms with Crippen LogP contribution in [0, 0.1) is 0 Å². The Morgan fingerprint density at radius 2 is 2.33 bits per heavy atom. The Bertz CT molecular complexity index is 355. The summed E-state index contributed by atoms with van der Waals surface area (Å²) in [6, 6.07) is 0. The number of nitrogen functional groups attached to an aromatic ring is 1. The van der Waals surface area contributed by atoms with Crippen LogP contribution in [0.15, 0.2) is 0 Å². The lowest BCUT2D eigenvalue weighted by molar-refractivity contribution is 0.107. The zero-order valence-electron chi connectivity index (χ0n) is 8.82. The lowest BCUT2D eigenvalue weighted by atomic mass is 10.1. The van der Waals surface area contributed by atoms with E-state index in [1.807, 2.05) is 6.92 Å². The summed E-state index contributed by atoms with van der Waals surface area (Å²) in [6.07, 6.45) is 0.807. The van der Waals surface area contributed by atoms with E-state index in [-0.39, 0.29) is 0 Å². The SMILES string of the molecule is CCOCc1nc(N)c2c(n1)CCOC2. The maximum absolute atomic E-state index is 5.83. The van der Waals surface area contributed by atoms with Gasteiger partial charge in [0, 0.05) is 18.6 Å². The molecule has 0 saturated carbocycles. The highest BCUT2D eigenvalue weighted by atomic mass is 16.5. The van der Waals surface area contributed by atoms with Gasteiger partial charge in [0.1, 0.15) is 12.4 Å². The Labute approximate surface area is 88.6 Å². The van der Waals surface area contributed by atoms with E-state index in [4.69, 9.17) is 15.2 Å². The van der Waals surface area contributed by atoms with E-state index in [2.05, 4.69) is 9.97 Å². The summed E-state index contributed by atoms with van der Waals surface area (Å²) in [5.41, 5.74) is 7.76. The van der Waals surface area contributed by atoms with Crippen LogP contribution in [0.4, 0.5) is 5.82 Å². The van der Waals surface area contributed by atoms with Gasteiger partial charge in [-0.2, -0.15) is 0 Å². The molecule has 5 nitrogen and oxygen atoms in total. The van der Waals surface area contributed by atoms with E-state index >= 15 is 0 Å². The van der Waals surface area contributed by atoms with Crippen molar-refractivity contribution in [3.8, 4) is 0 Å². The molecule has 0 aliphatic carbocycles. The van der Waals surface area contributed by atoms with Crippen LogP contribution in [0.25, 0.3) is 0 Å². The quantitative estimate of drug-likeness (QED) is 0.792. The number of nitrogens with two attached hydrogens (primary N) is 1. The Hall–Kier alpha value is -1.20. The van der Waals surface area contributed by atoms with E-state index in [1.54, 1.807) is 0 Å². The largest absolute Gasteiger partial charge is 0.383 e. The van der Waals surface area contributed by atoms with Crippen molar-refractivity contribution >= 4 is 5.82 Å². The fourth-order valence-corrected chi connectivity index (χ4v) is 1.57. The lowest BCUT2D eigenvalue weighted by Gasteiger charge is -2.17. The first-order chi connectivity index (χ1) is 7.31. The summed E-state index contributed by atoms with van der Waals surface area (Å²) in [4.78, 5) is 8.60. The molecule has 2 rings (SSSR count). The number of rotatable bonds is 3. The highest BCUT2D eigenvalue weighted by Gasteiger charge is 2.16. The molecule has 1 aliphatic rings. The summed E-state index contributed by atoms with van der Waals surface area (Å²) >= 11 is 0. The molecule has 0 amide bonds. The molecule has 15 heavy (non-hydrogen) atoms. The predicted molar refractivity (Wildman–Crippen MR) is 55.1 cm³/mol. The van der Waals surface area contributed by atoms with Crippen LogP contribution in [0.3, 0.4) is 0 Å². The molecule has 2 N–H and O–H groups in total. The molecule has 0 radical (unpaired) electrons. The minimum atomic E-state index is 0.425. The Morgan fingerprint density at radius 1 is 1.47 bits per heavy atom. The van der Waals surface area contributed by atoms with Crippen LogP contribution in [0.5, 0.6) is 0 Å². The van der Waals surface area contributed by atoms with Gasteiger partial charge < -0.3 is 15.2 Å². The second kappa shape index (κ2) is 4.55. The third-order valence-electron chi connectivity index (χ3n) is 2.34. The Morgan fingerprint density at radius 3 is 3.13 bits per heavy atom. The van der Waals surface area contributed by atoms with Crippen LogP contribution < -0.4 is 5.73 Å². The van der Waals surface area contributed by atoms with E-state index in [1.165, 1.54) is 0 Å². The van der Waals surface area contributed by atoms with E-state index in [0.717, 1.165) is 17.7 Å². The summed E-state index contributed by atoms with van der Waals surface area (Å²) < 4.78 is 10.6. The highest BCUT2D eigenvalue weighted by molar-refractivity contribution is 5.42. The van der Waals surface area contributed by atoms with Gasteiger partial charge in [0.15, 0.2) is 5.82 Å². The summed E-state index contributed by atoms with van der Waals surface area (Å²) in [7, 11) is 0. The van der Waals surface area contributed by atoms with Crippen molar-refractivity contribution in [1.82, 2.24) is 9.97 Å². The normalized spacial score (nSPS) is 15.0. The number of hydrogen-bond acceptors (Lipinski definition) is 5. The fourth-order valence-electron chi connectivity index (χ4n) is 1.57. The van der Waals surface area contributed by atoms with Crippen LogP contribution >= 0.6 is 0 Å². The summed E-state index contributed by atoms with van der Waals surface area (Å²) in [5, 5.41) is 0. The number of anilines is 1. The molecule has 0 saturated heterocycles. The lowest BCUT2D eigenvalue weighted by Crippen LogP contribution is -2.17. The molecule has 1 aromatic rings. The average molecular weight is 209 g/mol. The van der Waals surface area contributed by atoms with Gasteiger partial charge >= 0.3 is 0 Å². The van der Waals surface area contributed by atoms with Crippen molar-refractivity contribution < 1.29 is 9.47 Å². The molecule has 0 aromatic carbocycles. The standard InChI is InChI=1S/C10H15N3O2/c1-2-14-6-9-12-8-3-4-15-5-7(8)10(11)13-9/h2-6H2,1H3,(H2,11,12,13). The third-order valence-corrected chi connectivity index (χ3v) is 2.34. The second-order valence-corrected chi connectivity index (χ2v) is 3.39. The van der Waals surface area contributed by atoms with Gasteiger partial charge in [-0.05, 0) is 6.92 Å². The van der Waals surface area contributed by atoms with Crippen LogP contribution in [0.1, 0.15) is 24.0 Å². The zero-order valence-corrected chi connectivity index (χ0v) is 8.82. The topological polar surface area (TPSA) is 70.3 Å². The van der Waals surface area contributed by atoms with Gasteiger partial charge in [0.25, 0.3) is 0 Å². The molecule has 82 valence electrons. The second-order valence-electron chi connectivity index (χ2n) is 3.39. The van der Waals surface area contributed by atoms with Crippen LogP contribution in [0.2, 0.25) is 0 Å². The molecule has 1 aromatic heterocycles. The van der Waals surface area contributed by atoms with Crippen molar-refractivity contribution in [2.24, 2.45) is 0 Å². The van der Waals surface area contributed by atoms with E-state index < -0.39 is 0 Å². The average Bonchev–Trinajstić information content (AvgIpc) is 2.26. The van der Waals surface area contributed by atoms with Crippen molar-refractivity contribution in [3.63, 3.8) is 0 Å². The van der Waals surface area contributed by atoms with Gasteiger partial charge in [-0.25, -0.2) is 9.97 Å². The van der Waals surface area contributed by atoms with Crippen molar-refractivity contribution in [2.75, 3.05) is 18.9 Å². The minimum absolute atomic E-state index is 0.425. The number of ether oxygens (including phenoxy) is 2. The van der Waals surface area contributed by atoms with Crippen molar-refractivity contribution in [1.29, 1.82) is 0 Å².